The number of anilines is 1. The Hall–Kier alpha value is -2.69. The first-order chi connectivity index (χ1) is 11.4. The molecule has 0 saturated heterocycles. The van der Waals surface area contributed by atoms with Crippen LogP contribution in [0.15, 0.2) is 48.5 Å². The molecule has 128 valence electrons. The summed E-state index contributed by atoms with van der Waals surface area (Å²) in [5.74, 6) is 1.43. The van der Waals surface area contributed by atoms with Crippen molar-refractivity contribution in [1.82, 2.24) is 0 Å². The molecule has 0 spiro atoms. The van der Waals surface area contributed by atoms with E-state index in [4.69, 9.17) is 14.2 Å². The second-order valence-corrected chi connectivity index (χ2v) is 6.26. The monoisotopic (exact) mass is 329 g/mol. The van der Waals surface area contributed by atoms with Gasteiger partial charge in [0.1, 0.15) is 23.7 Å². The first-order valence-corrected chi connectivity index (χ1v) is 7.72. The molecule has 0 fully saturated rings. The van der Waals surface area contributed by atoms with E-state index in [-0.39, 0.29) is 0 Å². The first kappa shape index (κ1) is 17.7. The number of carbonyl (C=O) groups is 1. The van der Waals surface area contributed by atoms with Crippen molar-refractivity contribution >= 4 is 11.8 Å². The lowest BCUT2D eigenvalue weighted by atomic mass is 10.2. The zero-order valence-electron chi connectivity index (χ0n) is 14.5. The quantitative estimate of drug-likeness (QED) is 0.869. The molecule has 0 unspecified atom stereocenters. The Morgan fingerprint density at radius 2 is 1.83 bits per heavy atom. The van der Waals surface area contributed by atoms with Crippen LogP contribution in [0, 0.1) is 0 Å². The van der Waals surface area contributed by atoms with Crippen LogP contribution >= 0.6 is 0 Å². The van der Waals surface area contributed by atoms with Gasteiger partial charge in [0.05, 0.1) is 7.11 Å². The van der Waals surface area contributed by atoms with E-state index >= 15 is 0 Å². The zero-order valence-corrected chi connectivity index (χ0v) is 14.5. The summed E-state index contributed by atoms with van der Waals surface area (Å²) in [6, 6.07) is 14.8. The van der Waals surface area contributed by atoms with Crippen molar-refractivity contribution in [2.24, 2.45) is 0 Å². The van der Waals surface area contributed by atoms with E-state index in [2.05, 4.69) is 5.32 Å². The highest BCUT2D eigenvalue weighted by Gasteiger charge is 2.16. The average molecular weight is 329 g/mol. The van der Waals surface area contributed by atoms with Gasteiger partial charge >= 0.3 is 6.09 Å². The van der Waals surface area contributed by atoms with Gasteiger partial charge in [0.25, 0.3) is 0 Å². The Labute approximate surface area is 142 Å². The van der Waals surface area contributed by atoms with Gasteiger partial charge in [0, 0.05) is 17.3 Å². The van der Waals surface area contributed by atoms with Crippen LogP contribution in [0.3, 0.4) is 0 Å². The predicted octanol–water partition coefficient (Wildman–Crippen LogP) is 4.62. The van der Waals surface area contributed by atoms with Crippen molar-refractivity contribution in [1.29, 1.82) is 0 Å². The van der Waals surface area contributed by atoms with Gasteiger partial charge in [-0.2, -0.15) is 0 Å². The molecule has 24 heavy (non-hydrogen) atoms. The van der Waals surface area contributed by atoms with E-state index in [0.717, 1.165) is 11.3 Å². The van der Waals surface area contributed by atoms with E-state index in [0.29, 0.717) is 18.0 Å². The molecule has 0 aliphatic heterocycles. The molecule has 0 atom stereocenters. The lowest BCUT2D eigenvalue weighted by Crippen LogP contribution is -2.27. The number of carbonyl (C=O) groups excluding carboxylic acids is 1. The van der Waals surface area contributed by atoms with E-state index in [1.807, 2.05) is 57.2 Å². The van der Waals surface area contributed by atoms with E-state index in [9.17, 15) is 4.79 Å². The standard InChI is InChI=1S/C19H23NO4/c1-19(2,3)24-18(21)20-15-9-7-10-16(12-15)23-13-14-8-5-6-11-17(14)22-4/h5-12H,13H2,1-4H3,(H,20,21). The molecule has 0 heterocycles. The minimum Gasteiger partial charge on any atom is -0.496 e. The van der Waals surface area contributed by atoms with Gasteiger partial charge < -0.3 is 14.2 Å². The van der Waals surface area contributed by atoms with Crippen LogP contribution in [0.2, 0.25) is 0 Å². The van der Waals surface area contributed by atoms with Gasteiger partial charge in [-0.15, -0.1) is 0 Å². The van der Waals surface area contributed by atoms with E-state index in [1.54, 1.807) is 19.2 Å². The second kappa shape index (κ2) is 7.73. The highest BCUT2D eigenvalue weighted by Crippen LogP contribution is 2.22. The SMILES string of the molecule is COc1ccccc1COc1cccc(NC(=O)OC(C)(C)C)c1. The lowest BCUT2D eigenvalue weighted by molar-refractivity contribution is 0.0636. The molecular weight excluding hydrogens is 306 g/mol. The third-order valence-electron chi connectivity index (χ3n) is 3.07. The number of para-hydroxylation sites is 1. The van der Waals surface area contributed by atoms with Crippen LogP contribution < -0.4 is 14.8 Å². The van der Waals surface area contributed by atoms with Crippen molar-refractivity contribution < 1.29 is 19.0 Å². The van der Waals surface area contributed by atoms with Gasteiger partial charge in [0.2, 0.25) is 0 Å². The molecule has 0 bridgehead atoms. The molecular formula is C19H23NO4. The minimum atomic E-state index is -0.540. The number of methoxy groups -OCH3 is 1. The highest BCUT2D eigenvalue weighted by molar-refractivity contribution is 5.85. The van der Waals surface area contributed by atoms with Gasteiger partial charge in [-0.3, -0.25) is 5.32 Å². The molecule has 0 saturated carbocycles. The van der Waals surface area contributed by atoms with Crippen LogP contribution in [0.4, 0.5) is 10.5 Å². The number of benzene rings is 2. The van der Waals surface area contributed by atoms with Crippen molar-refractivity contribution in [2.45, 2.75) is 33.0 Å². The molecule has 1 N–H and O–H groups in total. The van der Waals surface area contributed by atoms with Gasteiger partial charge in [-0.25, -0.2) is 4.79 Å². The van der Waals surface area contributed by atoms with Crippen LogP contribution in [0.5, 0.6) is 11.5 Å². The van der Waals surface area contributed by atoms with E-state index in [1.165, 1.54) is 0 Å². The van der Waals surface area contributed by atoms with Gasteiger partial charge in [0.15, 0.2) is 0 Å². The Balaban J connectivity index is 1.99. The average Bonchev–Trinajstić information content (AvgIpc) is 2.51. The number of nitrogens with one attached hydrogen (secondary N) is 1. The zero-order chi connectivity index (χ0) is 17.6. The molecule has 0 aliphatic carbocycles. The van der Waals surface area contributed by atoms with Crippen molar-refractivity contribution in [3.05, 3.63) is 54.1 Å². The Morgan fingerprint density at radius 3 is 2.54 bits per heavy atom. The Morgan fingerprint density at radius 1 is 1.08 bits per heavy atom. The third-order valence-corrected chi connectivity index (χ3v) is 3.07. The fourth-order valence-electron chi connectivity index (χ4n) is 2.07. The van der Waals surface area contributed by atoms with Crippen LogP contribution in [0.25, 0.3) is 0 Å². The maximum Gasteiger partial charge on any atom is 0.412 e. The first-order valence-electron chi connectivity index (χ1n) is 7.72. The minimum absolute atomic E-state index is 0.375. The molecule has 1 amide bonds. The fourth-order valence-corrected chi connectivity index (χ4v) is 2.07. The summed E-state index contributed by atoms with van der Waals surface area (Å²) in [4.78, 5) is 11.8. The van der Waals surface area contributed by atoms with Crippen LogP contribution in [-0.2, 0) is 11.3 Å². The molecule has 2 rings (SSSR count). The van der Waals surface area contributed by atoms with Crippen molar-refractivity contribution in [2.75, 3.05) is 12.4 Å². The molecule has 0 radical (unpaired) electrons. The predicted molar refractivity (Wildman–Crippen MR) is 93.6 cm³/mol. The highest BCUT2D eigenvalue weighted by atomic mass is 16.6. The molecule has 0 aliphatic rings. The summed E-state index contributed by atoms with van der Waals surface area (Å²) in [5.41, 5.74) is 1.02. The Kier molecular flexibility index (Phi) is 5.68. The van der Waals surface area contributed by atoms with Gasteiger partial charge in [-0.05, 0) is 39.0 Å². The van der Waals surface area contributed by atoms with Crippen LogP contribution in [-0.4, -0.2) is 18.8 Å². The van der Waals surface area contributed by atoms with Gasteiger partial charge in [-0.1, -0.05) is 24.3 Å². The number of rotatable bonds is 5. The topological polar surface area (TPSA) is 56.8 Å². The summed E-state index contributed by atoms with van der Waals surface area (Å²) >= 11 is 0. The summed E-state index contributed by atoms with van der Waals surface area (Å²) in [6.45, 7) is 5.83. The third kappa shape index (κ3) is 5.50. The largest absolute Gasteiger partial charge is 0.496 e. The lowest BCUT2D eigenvalue weighted by Gasteiger charge is -2.19. The van der Waals surface area contributed by atoms with Crippen molar-refractivity contribution in [3.63, 3.8) is 0 Å². The maximum atomic E-state index is 11.8. The van der Waals surface area contributed by atoms with Crippen molar-refractivity contribution in [3.8, 4) is 11.5 Å². The van der Waals surface area contributed by atoms with E-state index < -0.39 is 11.7 Å². The number of hydrogen-bond donors (Lipinski definition) is 1. The molecule has 5 nitrogen and oxygen atoms in total. The normalized spacial score (nSPS) is 10.8. The fraction of sp³-hybridized carbons (Fsp3) is 0.316. The smallest absolute Gasteiger partial charge is 0.412 e. The number of ether oxygens (including phenoxy) is 3. The molecule has 0 aromatic heterocycles. The van der Waals surface area contributed by atoms with Crippen LogP contribution in [0.1, 0.15) is 26.3 Å². The summed E-state index contributed by atoms with van der Waals surface area (Å²) in [5, 5.41) is 2.69. The second-order valence-electron chi connectivity index (χ2n) is 6.26. The summed E-state index contributed by atoms with van der Waals surface area (Å²) < 4.78 is 16.3. The molecule has 2 aromatic rings. The number of amides is 1. The number of hydrogen-bond acceptors (Lipinski definition) is 4. The molecule has 2 aromatic carbocycles. The molecule has 5 heteroatoms. The Bertz CT molecular complexity index is 692. The maximum absolute atomic E-state index is 11.8. The summed E-state index contributed by atoms with van der Waals surface area (Å²) in [6.07, 6.45) is -0.496. The summed E-state index contributed by atoms with van der Waals surface area (Å²) in [7, 11) is 1.63.